The number of carboxylic acids is 2. The molecule has 2 unspecified atom stereocenters. The maximum Gasteiger partial charge on any atom is 0.337 e. The summed E-state index contributed by atoms with van der Waals surface area (Å²) in [4.78, 5) is 32.4. The van der Waals surface area contributed by atoms with Crippen molar-refractivity contribution in [3.8, 4) is 0 Å². The van der Waals surface area contributed by atoms with Crippen molar-refractivity contribution in [3.63, 3.8) is 0 Å². The molecule has 1 aromatic heterocycles. The maximum absolute atomic E-state index is 10.4. The molecular formula is C18H25N2O7P. The van der Waals surface area contributed by atoms with Gasteiger partial charge in [0.25, 0.3) is 0 Å². The number of pyridine rings is 1. The summed E-state index contributed by atoms with van der Waals surface area (Å²) < 4.78 is 10.4. The summed E-state index contributed by atoms with van der Waals surface area (Å²) in [6, 6.07) is 10.8. The molecule has 0 amide bonds. The summed E-state index contributed by atoms with van der Waals surface area (Å²) in [6.45, 7) is 3.55. The van der Waals surface area contributed by atoms with Gasteiger partial charge >= 0.3 is 11.9 Å². The van der Waals surface area contributed by atoms with Crippen LogP contribution in [0.15, 0.2) is 54.9 Å². The number of rotatable bonds is 5. The van der Waals surface area contributed by atoms with E-state index in [2.05, 4.69) is 4.98 Å². The van der Waals surface area contributed by atoms with Crippen molar-refractivity contribution in [2.75, 3.05) is 0 Å². The van der Waals surface area contributed by atoms with Crippen LogP contribution in [0.25, 0.3) is 0 Å². The number of nitrogens with zero attached hydrogens (tertiary/aromatic N) is 1. The molecule has 0 aliphatic rings. The van der Waals surface area contributed by atoms with Gasteiger partial charge in [-0.15, -0.1) is 0 Å². The molecule has 2 aromatic rings. The molecule has 1 heterocycles. The minimum atomic E-state index is -2.86. The molecule has 9 nitrogen and oxygen atoms in total. The number of aliphatic hydroxyl groups excluding tert-OH is 1. The second-order valence-corrected chi connectivity index (χ2v) is 7.03. The fourth-order valence-electron chi connectivity index (χ4n) is 1.55. The fraction of sp³-hybridized carbons (Fsp3) is 0.278. The van der Waals surface area contributed by atoms with Crippen molar-refractivity contribution >= 4 is 20.0 Å². The van der Waals surface area contributed by atoms with Crippen LogP contribution in [-0.4, -0.2) is 43.2 Å². The lowest BCUT2D eigenvalue weighted by atomic mass is 10.1. The highest BCUT2D eigenvalue weighted by molar-refractivity contribution is 7.38. The zero-order valence-electron chi connectivity index (χ0n) is 15.5. The van der Waals surface area contributed by atoms with Crippen LogP contribution in [0.3, 0.4) is 0 Å². The average molecular weight is 412 g/mol. The number of benzene rings is 1. The molecule has 0 saturated carbocycles. The smallest absolute Gasteiger partial charge is 0.337 e. The number of carboxylic acid groups (broad SMARTS) is 2. The monoisotopic (exact) mass is 412 g/mol. The van der Waals surface area contributed by atoms with Gasteiger partial charge in [0.1, 0.15) is 6.04 Å². The summed E-state index contributed by atoms with van der Waals surface area (Å²) in [5, 5.41) is 25.7. The van der Waals surface area contributed by atoms with E-state index in [4.69, 9.17) is 25.9 Å². The number of carbonyl (C=O) groups is 2. The standard InChI is InChI=1S/C7H9O3P.C6H5NO2.C5H11NO2/c8-7(11(9)10)6-4-2-1-3-5-6;8-6(9)5-2-1-3-7-4-5;1-3(2)4(6)5(7)8/h1-5,7-8,11H,(H,9,10);1-4H,(H,8,9);3-4H,6H2,1-2H3,(H,7,8)/t;;4-/m..0/s1. The summed E-state index contributed by atoms with van der Waals surface area (Å²) in [5.74, 6) is -3.07. The second kappa shape index (κ2) is 13.6. The Balaban J connectivity index is 0.000000397. The lowest BCUT2D eigenvalue weighted by Crippen LogP contribution is -2.34. The fourth-order valence-corrected chi connectivity index (χ4v) is 2.03. The van der Waals surface area contributed by atoms with E-state index >= 15 is 0 Å². The maximum atomic E-state index is 10.4. The van der Waals surface area contributed by atoms with Crippen LogP contribution in [0.5, 0.6) is 0 Å². The van der Waals surface area contributed by atoms with Crippen LogP contribution in [-0.2, 0) is 9.36 Å². The summed E-state index contributed by atoms with van der Waals surface area (Å²) in [5.41, 5.74) is 5.86. The first-order chi connectivity index (χ1) is 13.1. The number of aliphatic carboxylic acids is 1. The molecule has 3 atom stereocenters. The van der Waals surface area contributed by atoms with Crippen LogP contribution in [0, 0.1) is 5.92 Å². The van der Waals surface area contributed by atoms with E-state index in [1.807, 2.05) is 0 Å². The van der Waals surface area contributed by atoms with Gasteiger partial charge in [-0.05, 0) is 23.6 Å². The number of hydrogen-bond acceptors (Lipinski definition) is 6. The molecule has 0 spiro atoms. The number of hydrogen-bond donors (Lipinski definition) is 5. The van der Waals surface area contributed by atoms with E-state index in [-0.39, 0.29) is 11.5 Å². The highest BCUT2D eigenvalue weighted by Gasteiger charge is 2.14. The second-order valence-electron chi connectivity index (χ2n) is 5.81. The summed E-state index contributed by atoms with van der Waals surface area (Å²) in [6.07, 6.45) is 2.84. The normalized spacial score (nSPS) is 13.1. The predicted octanol–water partition coefficient (Wildman–Crippen LogP) is 1.98. The van der Waals surface area contributed by atoms with E-state index in [1.165, 1.54) is 18.5 Å². The minimum Gasteiger partial charge on any atom is -0.480 e. The number of aromatic nitrogens is 1. The predicted molar refractivity (Wildman–Crippen MR) is 104 cm³/mol. The van der Waals surface area contributed by atoms with E-state index in [1.54, 1.807) is 50.2 Å². The Morgan fingerprint density at radius 1 is 1.07 bits per heavy atom. The molecule has 0 fully saturated rings. The van der Waals surface area contributed by atoms with E-state index in [0.29, 0.717) is 5.56 Å². The van der Waals surface area contributed by atoms with Gasteiger partial charge in [0, 0.05) is 12.4 Å². The van der Waals surface area contributed by atoms with Crippen molar-refractivity contribution in [2.45, 2.75) is 25.7 Å². The molecule has 154 valence electrons. The molecule has 0 saturated heterocycles. The Morgan fingerprint density at radius 2 is 1.64 bits per heavy atom. The zero-order chi connectivity index (χ0) is 21.7. The number of aliphatic hydroxyl groups is 1. The van der Waals surface area contributed by atoms with Crippen molar-refractivity contribution in [1.29, 1.82) is 0 Å². The van der Waals surface area contributed by atoms with Crippen molar-refractivity contribution in [1.82, 2.24) is 4.98 Å². The van der Waals surface area contributed by atoms with Crippen LogP contribution in [0.1, 0.15) is 35.6 Å². The van der Waals surface area contributed by atoms with E-state index < -0.39 is 31.9 Å². The van der Waals surface area contributed by atoms with Gasteiger partial charge in [-0.25, -0.2) is 4.79 Å². The first-order valence-electron chi connectivity index (χ1n) is 8.15. The van der Waals surface area contributed by atoms with Gasteiger partial charge in [-0.3, -0.25) is 14.3 Å². The van der Waals surface area contributed by atoms with Gasteiger partial charge < -0.3 is 25.9 Å². The van der Waals surface area contributed by atoms with Crippen LogP contribution < -0.4 is 5.73 Å². The van der Waals surface area contributed by atoms with Gasteiger partial charge in [0.05, 0.1) is 5.56 Å². The molecule has 0 aliphatic carbocycles. The highest BCUT2D eigenvalue weighted by atomic mass is 31.1. The van der Waals surface area contributed by atoms with Crippen LogP contribution >= 0.6 is 8.03 Å². The summed E-state index contributed by atoms with van der Waals surface area (Å²) >= 11 is 0. The third-order valence-corrected chi connectivity index (χ3v) is 4.06. The van der Waals surface area contributed by atoms with E-state index in [0.717, 1.165) is 0 Å². The third kappa shape index (κ3) is 10.5. The van der Waals surface area contributed by atoms with Gasteiger partial charge in [-0.2, -0.15) is 0 Å². The minimum absolute atomic E-state index is 0.0208. The topological polar surface area (TPSA) is 171 Å². The van der Waals surface area contributed by atoms with E-state index in [9.17, 15) is 14.2 Å². The first kappa shape index (κ1) is 25.4. The number of nitrogens with two attached hydrogens (primary N) is 1. The molecule has 28 heavy (non-hydrogen) atoms. The molecule has 1 aromatic carbocycles. The molecule has 0 aliphatic heterocycles. The first-order valence-corrected chi connectivity index (χ1v) is 9.58. The Hall–Kier alpha value is -2.58. The highest BCUT2D eigenvalue weighted by Crippen LogP contribution is 2.34. The zero-order valence-corrected chi connectivity index (χ0v) is 16.5. The number of aromatic carboxylic acids is 1. The Bertz CT molecular complexity index is 742. The van der Waals surface area contributed by atoms with Crippen LogP contribution in [0.2, 0.25) is 0 Å². The molecule has 2 rings (SSSR count). The quantitative estimate of drug-likeness (QED) is 0.460. The molecular weight excluding hydrogens is 387 g/mol. The summed E-state index contributed by atoms with van der Waals surface area (Å²) in [7, 11) is -2.86. The lowest BCUT2D eigenvalue weighted by molar-refractivity contribution is -0.139. The van der Waals surface area contributed by atoms with Crippen molar-refractivity contribution in [2.24, 2.45) is 11.7 Å². The molecule has 0 bridgehead atoms. The van der Waals surface area contributed by atoms with Gasteiger partial charge in [-0.1, -0.05) is 44.2 Å². The van der Waals surface area contributed by atoms with Crippen molar-refractivity contribution in [3.05, 3.63) is 66.0 Å². The third-order valence-electron chi connectivity index (χ3n) is 3.26. The molecule has 10 heteroatoms. The SMILES string of the molecule is CC(C)[C@H](N)C(=O)O.O=C(O)c1cccnc1.O=[PH](O)C(O)c1ccccc1. The average Bonchev–Trinajstić information content (AvgIpc) is 2.68. The molecule has 0 radical (unpaired) electrons. The van der Waals surface area contributed by atoms with Crippen LogP contribution in [0.4, 0.5) is 0 Å². The lowest BCUT2D eigenvalue weighted by Gasteiger charge is -2.07. The Morgan fingerprint density at radius 3 is 1.93 bits per heavy atom. The van der Waals surface area contributed by atoms with Crippen molar-refractivity contribution < 1.29 is 34.4 Å². The largest absolute Gasteiger partial charge is 0.480 e. The Labute approximate surface area is 163 Å². The Kier molecular flexibility index (Phi) is 12.3. The molecule has 6 N–H and O–H groups in total. The van der Waals surface area contributed by atoms with Gasteiger partial charge in [0.2, 0.25) is 8.03 Å². The van der Waals surface area contributed by atoms with Gasteiger partial charge in [0.15, 0.2) is 5.85 Å².